The predicted octanol–water partition coefficient (Wildman–Crippen LogP) is 4.17. The van der Waals surface area contributed by atoms with Crippen molar-refractivity contribution in [1.82, 2.24) is 25.4 Å². The van der Waals surface area contributed by atoms with Gasteiger partial charge in [0.05, 0.1) is 13.7 Å². The normalized spacial score (nSPS) is 12.2. The van der Waals surface area contributed by atoms with Crippen LogP contribution in [0.2, 0.25) is 0 Å². The Morgan fingerprint density at radius 2 is 1.97 bits per heavy atom. The topological polar surface area (TPSA) is 76.4 Å². The maximum Gasteiger partial charge on any atom is 0.191 e. The lowest BCUT2D eigenvalue weighted by Gasteiger charge is -2.19. The van der Waals surface area contributed by atoms with E-state index in [0.29, 0.717) is 12.6 Å². The average molecular weight is 528 g/mol. The Morgan fingerprint density at radius 1 is 1.20 bits per heavy atom. The maximum absolute atomic E-state index is 5.23. The summed E-state index contributed by atoms with van der Waals surface area (Å²) in [5.41, 5.74) is 1.15. The Labute approximate surface area is 198 Å². The number of nitrogens with one attached hydrogen (secondary N) is 2. The highest BCUT2D eigenvalue weighted by molar-refractivity contribution is 14.0. The van der Waals surface area contributed by atoms with Gasteiger partial charge in [-0.25, -0.2) is 4.99 Å². The number of benzene rings is 1. The zero-order valence-electron chi connectivity index (χ0n) is 18.7. The molecule has 2 N–H and O–H groups in total. The molecule has 2 aromatic rings. The monoisotopic (exact) mass is 528 g/mol. The molecule has 1 unspecified atom stereocenters. The molecular formula is C22H37IN6O. The minimum Gasteiger partial charge on any atom is -0.497 e. The van der Waals surface area contributed by atoms with E-state index in [2.05, 4.69) is 58.3 Å². The van der Waals surface area contributed by atoms with Gasteiger partial charge in [-0.1, -0.05) is 45.2 Å². The van der Waals surface area contributed by atoms with Gasteiger partial charge >= 0.3 is 0 Å². The van der Waals surface area contributed by atoms with Crippen LogP contribution in [0.25, 0.3) is 0 Å². The molecule has 8 heteroatoms. The lowest BCUT2D eigenvalue weighted by molar-refractivity contribution is 0.414. The predicted molar refractivity (Wildman–Crippen MR) is 134 cm³/mol. The number of aromatic nitrogens is 3. The molecule has 168 valence electrons. The Balaban J connectivity index is 0.00000450. The van der Waals surface area contributed by atoms with E-state index in [-0.39, 0.29) is 24.0 Å². The molecule has 0 aliphatic carbocycles. The van der Waals surface area contributed by atoms with Crippen LogP contribution in [0.5, 0.6) is 5.75 Å². The van der Waals surface area contributed by atoms with Gasteiger partial charge in [0.2, 0.25) is 0 Å². The first kappa shape index (κ1) is 26.2. The van der Waals surface area contributed by atoms with Gasteiger partial charge in [-0.15, -0.1) is 34.2 Å². The van der Waals surface area contributed by atoms with Crippen LogP contribution < -0.4 is 15.4 Å². The van der Waals surface area contributed by atoms with Gasteiger partial charge in [-0.05, 0) is 31.0 Å². The van der Waals surface area contributed by atoms with Crippen molar-refractivity contribution >= 4 is 29.9 Å². The molecule has 1 aromatic heterocycles. The number of hydrogen-bond acceptors (Lipinski definition) is 4. The quantitative estimate of drug-likeness (QED) is 0.187. The Bertz CT molecular complexity index is 731. The fraction of sp³-hybridized carbons (Fsp3) is 0.591. The molecule has 0 spiro atoms. The van der Waals surface area contributed by atoms with E-state index in [4.69, 9.17) is 9.73 Å². The summed E-state index contributed by atoms with van der Waals surface area (Å²) in [6.45, 7) is 8.74. The van der Waals surface area contributed by atoms with Crippen molar-refractivity contribution in [3.05, 3.63) is 42.0 Å². The van der Waals surface area contributed by atoms with Gasteiger partial charge in [0.15, 0.2) is 5.96 Å². The molecule has 2 rings (SSSR count). The third kappa shape index (κ3) is 9.32. The van der Waals surface area contributed by atoms with Gasteiger partial charge in [0.25, 0.3) is 0 Å². The highest BCUT2D eigenvalue weighted by Crippen LogP contribution is 2.12. The summed E-state index contributed by atoms with van der Waals surface area (Å²) >= 11 is 0. The van der Waals surface area contributed by atoms with Crippen LogP contribution in [0.1, 0.15) is 57.8 Å². The third-order valence-corrected chi connectivity index (χ3v) is 4.86. The van der Waals surface area contributed by atoms with E-state index in [1.165, 1.54) is 19.3 Å². The van der Waals surface area contributed by atoms with E-state index in [0.717, 1.165) is 49.0 Å². The molecule has 0 amide bonds. The standard InChI is InChI=1S/C22H36N6O.HI/c1-5-7-8-9-18(3)26-22(23-14-15-28-17-25-27-21(28)6-2)24-16-19-10-12-20(29-4)13-11-19;/h10-13,17-18H,5-9,14-16H2,1-4H3,(H2,23,24,26);1H. The summed E-state index contributed by atoms with van der Waals surface area (Å²) in [4.78, 5) is 4.79. The van der Waals surface area contributed by atoms with Crippen LogP contribution in [0.3, 0.4) is 0 Å². The number of rotatable bonds is 12. The van der Waals surface area contributed by atoms with E-state index < -0.39 is 0 Å². The van der Waals surface area contributed by atoms with Gasteiger partial charge in [-0.3, -0.25) is 0 Å². The molecule has 0 saturated heterocycles. The van der Waals surface area contributed by atoms with Crippen LogP contribution in [0.4, 0.5) is 0 Å². The molecule has 7 nitrogen and oxygen atoms in total. The number of halogens is 1. The summed E-state index contributed by atoms with van der Waals surface area (Å²) in [5.74, 6) is 2.71. The van der Waals surface area contributed by atoms with Crippen molar-refractivity contribution in [1.29, 1.82) is 0 Å². The van der Waals surface area contributed by atoms with E-state index in [1.54, 1.807) is 13.4 Å². The van der Waals surface area contributed by atoms with Gasteiger partial charge < -0.3 is 19.9 Å². The number of ether oxygens (including phenoxy) is 1. The van der Waals surface area contributed by atoms with Gasteiger partial charge in [-0.2, -0.15) is 0 Å². The van der Waals surface area contributed by atoms with E-state index >= 15 is 0 Å². The van der Waals surface area contributed by atoms with Crippen molar-refractivity contribution in [3.8, 4) is 5.75 Å². The second-order valence-electron chi connectivity index (χ2n) is 7.27. The molecule has 0 saturated carbocycles. The van der Waals surface area contributed by atoms with Gasteiger partial charge in [0, 0.05) is 25.6 Å². The van der Waals surface area contributed by atoms with E-state index in [9.17, 15) is 0 Å². The summed E-state index contributed by atoms with van der Waals surface area (Å²) in [6.07, 6.45) is 7.55. The fourth-order valence-electron chi connectivity index (χ4n) is 3.09. The van der Waals surface area contributed by atoms with Crippen LogP contribution >= 0.6 is 24.0 Å². The first-order chi connectivity index (χ1) is 14.2. The highest BCUT2D eigenvalue weighted by Gasteiger charge is 2.07. The molecule has 0 bridgehead atoms. The first-order valence-corrected chi connectivity index (χ1v) is 10.7. The Kier molecular flexibility index (Phi) is 13.1. The number of guanidine groups is 1. The van der Waals surface area contributed by atoms with Gasteiger partial charge in [0.1, 0.15) is 17.9 Å². The van der Waals surface area contributed by atoms with Crippen LogP contribution in [0.15, 0.2) is 35.6 Å². The number of aryl methyl sites for hydroxylation is 1. The smallest absolute Gasteiger partial charge is 0.191 e. The van der Waals surface area contributed by atoms with Crippen LogP contribution in [-0.2, 0) is 19.5 Å². The minimum absolute atomic E-state index is 0. The molecule has 1 aromatic carbocycles. The van der Waals surface area contributed by atoms with Crippen LogP contribution in [0, 0.1) is 0 Å². The molecular weight excluding hydrogens is 491 g/mol. The number of unbranched alkanes of at least 4 members (excludes halogenated alkanes) is 2. The molecule has 1 heterocycles. The number of hydrogen-bond donors (Lipinski definition) is 2. The molecule has 30 heavy (non-hydrogen) atoms. The molecule has 0 aliphatic rings. The minimum atomic E-state index is 0. The summed E-state index contributed by atoms with van der Waals surface area (Å²) in [7, 11) is 1.68. The zero-order chi connectivity index (χ0) is 20.9. The fourth-order valence-corrected chi connectivity index (χ4v) is 3.09. The van der Waals surface area contributed by atoms with Crippen molar-refractivity contribution in [2.75, 3.05) is 13.7 Å². The number of nitrogens with zero attached hydrogens (tertiary/aromatic N) is 4. The van der Waals surface area contributed by atoms with Crippen molar-refractivity contribution in [2.24, 2.45) is 4.99 Å². The highest BCUT2D eigenvalue weighted by atomic mass is 127. The first-order valence-electron chi connectivity index (χ1n) is 10.7. The second kappa shape index (κ2) is 15.0. The Morgan fingerprint density at radius 3 is 2.63 bits per heavy atom. The molecule has 0 aliphatic heterocycles. The number of methoxy groups -OCH3 is 1. The summed E-state index contributed by atoms with van der Waals surface area (Å²) < 4.78 is 7.31. The molecule has 1 atom stereocenters. The summed E-state index contributed by atoms with van der Waals surface area (Å²) in [6, 6.07) is 8.42. The summed E-state index contributed by atoms with van der Waals surface area (Å²) in [5, 5.41) is 15.2. The SMILES string of the molecule is CCCCCC(C)NC(=NCc1ccc(OC)cc1)NCCn1cnnc1CC.I. The van der Waals surface area contributed by atoms with Crippen molar-refractivity contribution in [3.63, 3.8) is 0 Å². The largest absolute Gasteiger partial charge is 0.497 e. The lowest BCUT2D eigenvalue weighted by atomic mass is 10.1. The lowest BCUT2D eigenvalue weighted by Crippen LogP contribution is -2.43. The second-order valence-corrected chi connectivity index (χ2v) is 7.27. The van der Waals surface area contributed by atoms with Crippen molar-refractivity contribution < 1.29 is 4.74 Å². The molecule has 0 fully saturated rings. The average Bonchev–Trinajstić information content (AvgIpc) is 3.20. The van der Waals surface area contributed by atoms with Crippen LogP contribution in [-0.4, -0.2) is 40.4 Å². The molecule has 0 radical (unpaired) electrons. The zero-order valence-corrected chi connectivity index (χ0v) is 21.1. The third-order valence-electron chi connectivity index (χ3n) is 4.86. The maximum atomic E-state index is 5.23. The van der Waals surface area contributed by atoms with Crippen molar-refractivity contribution in [2.45, 2.75) is 72.0 Å². The number of aliphatic imine (C=N–C) groups is 1. The Hall–Kier alpha value is -1.84. The van der Waals surface area contributed by atoms with E-state index in [1.807, 2.05) is 12.1 Å².